The van der Waals surface area contributed by atoms with E-state index in [0.717, 1.165) is 30.4 Å². The number of aliphatic carboxylic acids is 1. The van der Waals surface area contributed by atoms with Crippen molar-refractivity contribution in [2.24, 2.45) is 11.8 Å². The summed E-state index contributed by atoms with van der Waals surface area (Å²) >= 11 is 0. The van der Waals surface area contributed by atoms with Crippen LogP contribution in [0.2, 0.25) is 0 Å². The van der Waals surface area contributed by atoms with E-state index in [1.54, 1.807) is 0 Å². The van der Waals surface area contributed by atoms with Crippen LogP contribution >= 0.6 is 0 Å². The van der Waals surface area contributed by atoms with Gasteiger partial charge >= 0.3 is 12.1 Å². The zero-order valence-corrected chi connectivity index (χ0v) is 20.3. The number of carbonyl (C=O) groups excluding carboxylic acids is 2. The molecule has 0 spiro atoms. The van der Waals surface area contributed by atoms with E-state index in [-0.39, 0.29) is 49.2 Å². The van der Waals surface area contributed by atoms with Crippen molar-refractivity contribution in [2.75, 3.05) is 6.61 Å². The van der Waals surface area contributed by atoms with Crippen LogP contribution in [0.15, 0.2) is 48.5 Å². The van der Waals surface area contributed by atoms with Crippen LogP contribution in [-0.4, -0.2) is 41.8 Å². The number of ether oxygens (including phenoxy) is 1. The highest BCUT2D eigenvalue weighted by Gasteiger charge is 2.33. The molecule has 2 unspecified atom stereocenters. The minimum atomic E-state index is -0.931. The maximum Gasteiger partial charge on any atom is 0.407 e. The number of amides is 2. The first-order valence-electron chi connectivity index (χ1n) is 12.5. The number of nitrogens with one attached hydrogen (secondary N) is 2. The minimum absolute atomic E-state index is 0.000468. The first-order valence-corrected chi connectivity index (χ1v) is 12.5. The second kappa shape index (κ2) is 10.9. The van der Waals surface area contributed by atoms with E-state index in [4.69, 9.17) is 9.84 Å². The van der Waals surface area contributed by atoms with E-state index in [9.17, 15) is 14.4 Å². The molecule has 3 N–H and O–H groups in total. The Morgan fingerprint density at radius 1 is 1.00 bits per heavy atom. The van der Waals surface area contributed by atoms with Gasteiger partial charge in [-0.25, -0.2) is 4.79 Å². The monoisotopic (exact) mass is 478 g/mol. The molecule has 186 valence electrons. The summed E-state index contributed by atoms with van der Waals surface area (Å²) in [6, 6.07) is 15.9. The molecule has 4 rings (SSSR count). The third kappa shape index (κ3) is 5.84. The van der Waals surface area contributed by atoms with Crippen molar-refractivity contribution in [3.05, 3.63) is 59.7 Å². The van der Waals surface area contributed by atoms with Gasteiger partial charge in [-0.1, -0.05) is 68.8 Å². The highest BCUT2D eigenvalue weighted by Crippen LogP contribution is 2.44. The zero-order chi connectivity index (χ0) is 24.9. The molecular weight excluding hydrogens is 444 g/mol. The van der Waals surface area contributed by atoms with Gasteiger partial charge in [-0.15, -0.1) is 0 Å². The third-order valence-corrected chi connectivity index (χ3v) is 7.30. The van der Waals surface area contributed by atoms with Gasteiger partial charge in [0.25, 0.3) is 0 Å². The molecule has 2 aromatic rings. The molecule has 2 aromatic carbocycles. The largest absolute Gasteiger partial charge is 0.481 e. The van der Waals surface area contributed by atoms with Crippen LogP contribution in [0.5, 0.6) is 0 Å². The maximum absolute atomic E-state index is 12.7. The quantitative estimate of drug-likeness (QED) is 0.485. The minimum Gasteiger partial charge on any atom is -0.481 e. The molecule has 0 aromatic heterocycles. The van der Waals surface area contributed by atoms with Crippen LogP contribution in [-0.2, 0) is 14.3 Å². The van der Waals surface area contributed by atoms with Gasteiger partial charge in [0.2, 0.25) is 5.91 Å². The van der Waals surface area contributed by atoms with Crippen LogP contribution in [0.25, 0.3) is 11.1 Å². The van der Waals surface area contributed by atoms with Crippen molar-refractivity contribution in [1.29, 1.82) is 0 Å². The lowest BCUT2D eigenvalue weighted by Gasteiger charge is -2.24. The first kappa shape index (κ1) is 24.8. The fourth-order valence-electron chi connectivity index (χ4n) is 5.41. The van der Waals surface area contributed by atoms with Crippen LogP contribution < -0.4 is 10.6 Å². The lowest BCUT2D eigenvalue weighted by molar-refractivity contribution is -0.138. The van der Waals surface area contributed by atoms with Gasteiger partial charge < -0.3 is 20.5 Å². The van der Waals surface area contributed by atoms with E-state index < -0.39 is 18.1 Å². The summed E-state index contributed by atoms with van der Waals surface area (Å²) < 4.78 is 5.68. The number of alkyl carbamates (subject to hydrolysis) is 1. The standard InChI is InChI=1S/C28H34N2O5/c1-17(2)25(15-27(32)33)29-26(31)14-18-8-7-13-24(18)30-28(34)35-16-23-21-11-5-3-9-19(21)20-10-4-6-12-22(20)23/h3-6,9-12,17-18,23-25H,7-8,13-16H2,1-2H3,(H,29,31)(H,30,34)(H,32,33)/t18?,24?,25-/m0/s1. The predicted molar refractivity (Wildman–Crippen MR) is 133 cm³/mol. The van der Waals surface area contributed by atoms with Crippen molar-refractivity contribution < 1.29 is 24.2 Å². The highest BCUT2D eigenvalue weighted by atomic mass is 16.5. The third-order valence-electron chi connectivity index (χ3n) is 7.30. The van der Waals surface area contributed by atoms with Gasteiger partial charge in [0.15, 0.2) is 0 Å². The van der Waals surface area contributed by atoms with Crippen molar-refractivity contribution in [3.8, 4) is 11.1 Å². The maximum atomic E-state index is 12.7. The molecule has 1 saturated carbocycles. The van der Waals surface area contributed by atoms with E-state index in [0.29, 0.717) is 0 Å². The Labute approximate surface area is 206 Å². The zero-order valence-electron chi connectivity index (χ0n) is 20.3. The summed E-state index contributed by atoms with van der Waals surface area (Å²) in [6.45, 7) is 4.04. The number of benzene rings is 2. The topological polar surface area (TPSA) is 105 Å². The average molecular weight is 479 g/mol. The Kier molecular flexibility index (Phi) is 7.73. The highest BCUT2D eigenvalue weighted by molar-refractivity contribution is 5.79. The smallest absolute Gasteiger partial charge is 0.407 e. The van der Waals surface area contributed by atoms with E-state index in [2.05, 4.69) is 34.9 Å². The summed E-state index contributed by atoms with van der Waals surface area (Å²) in [4.78, 5) is 36.4. The fourth-order valence-corrected chi connectivity index (χ4v) is 5.41. The summed E-state index contributed by atoms with van der Waals surface area (Å²) in [7, 11) is 0. The summed E-state index contributed by atoms with van der Waals surface area (Å²) in [5.41, 5.74) is 4.69. The van der Waals surface area contributed by atoms with Gasteiger partial charge in [-0.05, 0) is 46.9 Å². The van der Waals surface area contributed by atoms with Gasteiger partial charge in [-0.3, -0.25) is 9.59 Å². The number of carboxylic acid groups (broad SMARTS) is 1. The van der Waals surface area contributed by atoms with Crippen molar-refractivity contribution in [3.63, 3.8) is 0 Å². The lowest BCUT2D eigenvalue weighted by Crippen LogP contribution is -2.43. The summed E-state index contributed by atoms with van der Waals surface area (Å²) in [5.74, 6) is -1.07. The van der Waals surface area contributed by atoms with E-state index in [1.807, 2.05) is 38.1 Å². The van der Waals surface area contributed by atoms with Gasteiger partial charge in [0.05, 0.1) is 6.42 Å². The second-order valence-electron chi connectivity index (χ2n) is 9.99. The Morgan fingerprint density at radius 3 is 2.23 bits per heavy atom. The predicted octanol–water partition coefficient (Wildman–Crippen LogP) is 4.70. The van der Waals surface area contributed by atoms with Crippen LogP contribution in [0, 0.1) is 11.8 Å². The molecule has 1 fully saturated rings. The van der Waals surface area contributed by atoms with Gasteiger partial charge in [0.1, 0.15) is 6.61 Å². The molecule has 0 radical (unpaired) electrons. The molecule has 2 amide bonds. The van der Waals surface area contributed by atoms with Crippen LogP contribution in [0.3, 0.4) is 0 Å². The van der Waals surface area contributed by atoms with Crippen LogP contribution in [0.1, 0.15) is 63.0 Å². The molecule has 35 heavy (non-hydrogen) atoms. The number of fused-ring (bicyclic) bond motifs is 3. The first-order chi connectivity index (χ1) is 16.8. The Morgan fingerprint density at radius 2 is 1.63 bits per heavy atom. The molecular formula is C28H34N2O5. The average Bonchev–Trinajstić information content (AvgIpc) is 3.38. The van der Waals surface area contributed by atoms with Gasteiger partial charge in [-0.2, -0.15) is 0 Å². The molecule has 2 aliphatic carbocycles. The Balaban J connectivity index is 1.31. The summed E-state index contributed by atoms with van der Waals surface area (Å²) in [5, 5.41) is 14.9. The van der Waals surface area contributed by atoms with Crippen molar-refractivity contribution in [2.45, 2.75) is 64.0 Å². The van der Waals surface area contributed by atoms with Gasteiger partial charge in [0, 0.05) is 24.4 Å². The molecule has 2 aliphatic rings. The number of hydrogen-bond acceptors (Lipinski definition) is 4. The second-order valence-corrected chi connectivity index (χ2v) is 9.99. The van der Waals surface area contributed by atoms with Crippen LogP contribution in [0.4, 0.5) is 4.79 Å². The Hall–Kier alpha value is -3.35. The van der Waals surface area contributed by atoms with Crippen molar-refractivity contribution >= 4 is 18.0 Å². The SMILES string of the molecule is CC(C)[C@H](CC(=O)O)NC(=O)CC1CCCC1NC(=O)OCC1c2ccccc2-c2ccccc21. The number of hydrogen-bond donors (Lipinski definition) is 3. The molecule has 7 heteroatoms. The molecule has 0 bridgehead atoms. The van der Waals surface area contributed by atoms with Crippen molar-refractivity contribution in [1.82, 2.24) is 10.6 Å². The molecule has 0 heterocycles. The molecule has 0 saturated heterocycles. The lowest BCUT2D eigenvalue weighted by atomic mass is 9.97. The van der Waals surface area contributed by atoms with E-state index in [1.165, 1.54) is 11.1 Å². The summed E-state index contributed by atoms with van der Waals surface area (Å²) in [6.07, 6.45) is 2.26. The number of rotatable bonds is 9. The molecule has 3 atom stereocenters. The fraction of sp³-hybridized carbons (Fsp3) is 0.464. The number of carbonyl (C=O) groups is 3. The Bertz CT molecular complexity index is 1040. The number of carboxylic acids is 1. The molecule has 7 nitrogen and oxygen atoms in total. The van der Waals surface area contributed by atoms with E-state index >= 15 is 0 Å². The normalized spacial score (nSPS) is 19.6. The molecule has 0 aliphatic heterocycles.